The number of amides is 1. The number of hydrogen-bond donors (Lipinski definition) is 1. The Hall–Kier alpha value is -1.06. The second-order valence-corrected chi connectivity index (χ2v) is 5.31. The first-order valence-electron chi connectivity index (χ1n) is 6.64. The summed E-state index contributed by atoms with van der Waals surface area (Å²) in [5.74, 6) is -0.550. The van der Waals surface area contributed by atoms with Gasteiger partial charge in [0.15, 0.2) is 0 Å². The molecule has 96 valence electrons. The summed E-state index contributed by atoms with van der Waals surface area (Å²) in [6.07, 6.45) is 5.47. The topological polar surface area (TPSA) is 57.6 Å². The van der Waals surface area contributed by atoms with Crippen molar-refractivity contribution in [3.8, 4) is 0 Å². The van der Waals surface area contributed by atoms with E-state index in [1.165, 1.54) is 0 Å². The first-order valence-corrected chi connectivity index (χ1v) is 6.64. The summed E-state index contributed by atoms with van der Waals surface area (Å²) in [4.78, 5) is 25.4. The molecule has 0 aromatic rings. The molecule has 1 aliphatic heterocycles. The summed E-state index contributed by atoms with van der Waals surface area (Å²) in [6.45, 7) is 2.74. The van der Waals surface area contributed by atoms with E-state index in [0.29, 0.717) is 19.4 Å². The Kier molecular flexibility index (Phi) is 3.40. The highest BCUT2D eigenvalue weighted by Crippen LogP contribution is 2.46. The van der Waals surface area contributed by atoms with Gasteiger partial charge in [0.2, 0.25) is 5.91 Å². The third kappa shape index (κ3) is 1.94. The molecule has 17 heavy (non-hydrogen) atoms. The van der Waals surface area contributed by atoms with E-state index in [2.05, 4.69) is 0 Å². The van der Waals surface area contributed by atoms with Crippen LogP contribution in [0.15, 0.2) is 0 Å². The normalized spacial score (nSPS) is 33.4. The maximum atomic E-state index is 11.9. The molecule has 1 heterocycles. The van der Waals surface area contributed by atoms with Crippen molar-refractivity contribution < 1.29 is 14.7 Å². The molecule has 1 N–H and O–H groups in total. The van der Waals surface area contributed by atoms with E-state index >= 15 is 0 Å². The second-order valence-electron chi connectivity index (χ2n) is 5.31. The highest BCUT2D eigenvalue weighted by Gasteiger charge is 2.53. The van der Waals surface area contributed by atoms with Crippen LogP contribution in [-0.2, 0) is 9.59 Å². The summed E-state index contributed by atoms with van der Waals surface area (Å²) in [7, 11) is 0. The molecule has 1 saturated carbocycles. The van der Waals surface area contributed by atoms with Crippen molar-refractivity contribution in [3.05, 3.63) is 0 Å². The van der Waals surface area contributed by atoms with E-state index in [-0.39, 0.29) is 11.9 Å². The molecule has 0 spiro atoms. The van der Waals surface area contributed by atoms with Crippen molar-refractivity contribution in [2.75, 3.05) is 6.54 Å². The summed E-state index contributed by atoms with van der Waals surface area (Å²) in [5.41, 5.74) is -0.651. The molecule has 0 bridgehead atoms. The summed E-state index contributed by atoms with van der Waals surface area (Å²) < 4.78 is 0. The third-order valence-electron chi connectivity index (χ3n) is 4.36. The number of fused-ring (bicyclic) bond motifs is 1. The Labute approximate surface area is 102 Å². The van der Waals surface area contributed by atoms with Gasteiger partial charge in [0.1, 0.15) is 0 Å². The number of piperidine rings is 1. The largest absolute Gasteiger partial charge is 0.481 e. The molecule has 4 nitrogen and oxygen atoms in total. The molecular weight excluding hydrogens is 218 g/mol. The van der Waals surface area contributed by atoms with Gasteiger partial charge in [-0.15, -0.1) is 0 Å². The molecule has 1 aliphatic carbocycles. The van der Waals surface area contributed by atoms with Gasteiger partial charge in [-0.2, -0.15) is 0 Å². The lowest BCUT2D eigenvalue weighted by molar-refractivity contribution is -0.166. The van der Waals surface area contributed by atoms with Crippen LogP contribution >= 0.6 is 0 Å². The van der Waals surface area contributed by atoms with Crippen LogP contribution in [0.5, 0.6) is 0 Å². The van der Waals surface area contributed by atoms with Crippen LogP contribution in [0.25, 0.3) is 0 Å². The second kappa shape index (κ2) is 4.67. The van der Waals surface area contributed by atoms with Crippen LogP contribution in [0.3, 0.4) is 0 Å². The van der Waals surface area contributed by atoms with E-state index < -0.39 is 11.4 Å². The summed E-state index contributed by atoms with van der Waals surface area (Å²) in [5, 5.41) is 9.56. The van der Waals surface area contributed by atoms with Gasteiger partial charge < -0.3 is 10.0 Å². The number of nitrogens with zero attached hydrogens (tertiary/aromatic N) is 1. The SMILES string of the molecule is CCCN1C(=O)CCC2(C(=O)O)CCCCC12. The quantitative estimate of drug-likeness (QED) is 0.819. The predicted octanol–water partition coefficient (Wildman–Crippen LogP) is 2.03. The maximum absolute atomic E-state index is 11.9. The molecule has 0 aromatic heterocycles. The van der Waals surface area contributed by atoms with Crippen molar-refractivity contribution in [3.63, 3.8) is 0 Å². The fraction of sp³-hybridized carbons (Fsp3) is 0.846. The van der Waals surface area contributed by atoms with Gasteiger partial charge in [-0.1, -0.05) is 19.8 Å². The minimum absolute atomic E-state index is 0.0602. The number of carbonyl (C=O) groups is 2. The average Bonchev–Trinajstić information content (AvgIpc) is 2.33. The molecule has 2 unspecified atom stereocenters. The van der Waals surface area contributed by atoms with Gasteiger partial charge in [-0.05, 0) is 25.7 Å². The zero-order valence-corrected chi connectivity index (χ0v) is 10.4. The van der Waals surface area contributed by atoms with Crippen molar-refractivity contribution >= 4 is 11.9 Å². The number of hydrogen-bond acceptors (Lipinski definition) is 2. The first kappa shape index (κ1) is 12.4. The van der Waals surface area contributed by atoms with Gasteiger partial charge in [0, 0.05) is 19.0 Å². The Balaban J connectivity index is 2.29. The average molecular weight is 239 g/mol. The zero-order valence-electron chi connectivity index (χ0n) is 10.4. The number of rotatable bonds is 3. The van der Waals surface area contributed by atoms with Crippen LogP contribution in [0.4, 0.5) is 0 Å². The van der Waals surface area contributed by atoms with E-state index in [0.717, 1.165) is 32.1 Å². The van der Waals surface area contributed by atoms with Crippen molar-refractivity contribution in [1.29, 1.82) is 0 Å². The smallest absolute Gasteiger partial charge is 0.311 e. The minimum atomic E-state index is -0.698. The van der Waals surface area contributed by atoms with Crippen molar-refractivity contribution in [2.24, 2.45) is 5.41 Å². The molecule has 1 saturated heterocycles. The molecule has 0 aromatic carbocycles. The molecule has 1 amide bonds. The molecule has 2 fully saturated rings. The van der Waals surface area contributed by atoms with E-state index in [9.17, 15) is 14.7 Å². The van der Waals surface area contributed by atoms with Gasteiger partial charge in [0.25, 0.3) is 0 Å². The molecular formula is C13H21NO3. The number of likely N-dealkylation sites (tertiary alicyclic amines) is 1. The fourth-order valence-corrected chi connectivity index (χ4v) is 3.49. The van der Waals surface area contributed by atoms with E-state index in [4.69, 9.17) is 0 Å². The van der Waals surface area contributed by atoms with E-state index in [1.807, 2.05) is 11.8 Å². The molecule has 2 aliphatic rings. The van der Waals surface area contributed by atoms with Gasteiger partial charge in [-0.25, -0.2) is 0 Å². The number of aliphatic carboxylic acids is 1. The number of carboxylic acid groups (broad SMARTS) is 1. The molecule has 4 heteroatoms. The van der Waals surface area contributed by atoms with Gasteiger partial charge >= 0.3 is 5.97 Å². The lowest BCUT2D eigenvalue weighted by atomic mass is 9.65. The monoisotopic (exact) mass is 239 g/mol. The van der Waals surface area contributed by atoms with Crippen LogP contribution in [0.2, 0.25) is 0 Å². The molecule has 0 radical (unpaired) electrons. The Bertz CT molecular complexity index is 329. The van der Waals surface area contributed by atoms with Gasteiger partial charge in [0.05, 0.1) is 5.41 Å². The third-order valence-corrected chi connectivity index (χ3v) is 4.36. The van der Waals surface area contributed by atoms with Crippen LogP contribution in [-0.4, -0.2) is 34.5 Å². The number of carbonyl (C=O) groups excluding carboxylic acids is 1. The Morgan fingerprint density at radius 2 is 2.24 bits per heavy atom. The van der Waals surface area contributed by atoms with Crippen LogP contribution in [0, 0.1) is 5.41 Å². The van der Waals surface area contributed by atoms with E-state index in [1.54, 1.807) is 0 Å². The Morgan fingerprint density at radius 1 is 1.47 bits per heavy atom. The zero-order chi connectivity index (χ0) is 12.5. The molecule has 2 atom stereocenters. The highest BCUT2D eigenvalue weighted by molar-refractivity contribution is 5.83. The maximum Gasteiger partial charge on any atom is 0.311 e. The van der Waals surface area contributed by atoms with Crippen molar-refractivity contribution in [2.45, 2.75) is 57.9 Å². The number of carboxylic acids is 1. The highest BCUT2D eigenvalue weighted by atomic mass is 16.4. The predicted molar refractivity (Wildman–Crippen MR) is 63.6 cm³/mol. The van der Waals surface area contributed by atoms with Gasteiger partial charge in [-0.3, -0.25) is 9.59 Å². The standard InChI is InChI=1S/C13H21NO3/c1-2-9-14-10-5-3-4-7-13(10,12(16)17)8-6-11(14)15/h10H,2-9H2,1H3,(H,16,17). The fourth-order valence-electron chi connectivity index (χ4n) is 3.49. The lowest BCUT2D eigenvalue weighted by Crippen LogP contribution is -2.59. The minimum Gasteiger partial charge on any atom is -0.481 e. The summed E-state index contributed by atoms with van der Waals surface area (Å²) >= 11 is 0. The Morgan fingerprint density at radius 3 is 2.88 bits per heavy atom. The first-order chi connectivity index (χ1) is 8.12. The summed E-state index contributed by atoms with van der Waals surface area (Å²) in [6, 6.07) is -0.0602. The lowest BCUT2D eigenvalue weighted by Gasteiger charge is -2.50. The van der Waals surface area contributed by atoms with Crippen molar-refractivity contribution in [1.82, 2.24) is 4.90 Å². The molecule has 2 rings (SSSR count). The van der Waals surface area contributed by atoms with Crippen LogP contribution < -0.4 is 0 Å². The van der Waals surface area contributed by atoms with Crippen LogP contribution in [0.1, 0.15) is 51.9 Å².